The molecule has 0 aliphatic rings. The van der Waals surface area contributed by atoms with Crippen LogP contribution in [0.5, 0.6) is 5.75 Å². The van der Waals surface area contributed by atoms with E-state index in [-0.39, 0.29) is 12.5 Å². The third kappa shape index (κ3) is 6.06. The highest BCUT2D eigenvalue weighted by Crippen LogP contribution is 2.14. The van der Waals surface area contributed by atoms with E-state index in [4.69, 9.17) is 9.84 Å². The second kappa shape index (κ2) is 8.32. The zero-order chi connectivity index (χ0) is 14.1. The van der Waals surface area contributed by atoms with Crippen LogP contribution in [0.2, 0.25) is 0 Å². The Bertz CT molecular complexity index is 400. The van der Waals surface area contributed by atoms with Crippen LogP contribution in [-0.4, -0.2) is 30.3 Å². The van der Waals surface area contributed by atoms with Gasteiger partial charge in [0.25, 0.3) is 0 Å². The smallest absolute Gasteiger partial charge is 0.304 e. The molecule has 0 fully saturated rings. The first-order valence-corrected chi connectivity index (χ1v) is 6.43. The zero-order valence-corrected chi connectivity index (χ0v) is 11.3. The molecule has 1 aromatic rings. The largest absolute Gasteiger partial charge is 0.494 e. The minimum Gasteiger partial charge on any atom is -0.494 e. The summed E-state index contributed by atoms with van der Waals surface area (Å²) < 4.78 is 5.37. The molecule has 0 aliphatic heterocycles. The number of hydrogen-bond acceptors (Lipinski definition) is 3. The molecule has 104 valence electrons. The number of hydrogen-bond donors (Lipinski definition) is 2. The molecule has 0 saturated heterocycles. The number of carboxylic acids is 1. The van der Waals surface area contributed by atoms with E-state index in [1.807, 2.05) is 31.2 Å². The Morgan fingerprint density at radius 1 is 1.47 bits per heavy atom. The monoisotopic (exact) mass is 263 g/mol. The normalized spacial score (nSPS) is 11.8. The fourth-order valence-electron chi connectivity index (χ4n) is 1.85. The van der Waals surface area contributed by atoms with Crippen molar-refractivity contribution < 1.29 is 14.6 Å². The van der Waals surface area contributed by atoms with Crippen LogP contribution in [0.4, 0.5) is 0 Å². The van der Waals surface area contributed by atoms with E-state index < -0.39 is 5.97 Å². The van der Waals surface area contributed by atoms with E-state index in [1.54, 1.807) is 6.08 Å². The van der Waals surface area contributed by atoms with Crippen LogP contribution < -0.4 is 10.1 Å². The van der Waals surface area contributed by atoms with Crippen LogP contribution in [0.25, 0.3) is 0 Å². The van der Waals surface area contributed by atoms with Crippen molar-refractivity contribution in [3.8, 4) is 5.75 Å². The van der Waals surface area contributed by atoms with Gasteiger partial charge in [-0.15, -0.1) is 6.58 Å². The highest BCUT2D eigenvalue weighted by molar-refractivity contribution is 5.67. The molecule has 19 heavy (non-hydrogen) atoms. The summed E-state index contributed by atoms with van der Waals surface area (Å²) in [6.45, 7) is 6.81. The molecular formula is C15H21NO3. The van der Waals surface area contributed by atoms with Gasteiger partial charge in [-0.2, -0.15) is 0 Å². The van der Waals surface area contributed by atoms with Gasteiger partial charge in [0.1, 0.15) is 5.75 Å². The standard InChI is InChI=1S/C15H21NO3/c1-3-9-16-13(11-15(17)18)10-12-5-7-14(8-6-12)19-4-2/h3,5-8,13,16H,1,4,9-11H2,2H3,(H,17,18). The van der Waals surface area contributed by atoms with E-state index in [0.717, 1.165) is 11.3 Å². The van der Waals surface area contributed by atoms with Crippen LogP contribution in [-0.2, 0) is 11.2 Å². The lowest BCUT2D eigenvalue weighted by Gasteiger charge is -2.16. The number of rotatable bonds is 9. The van der Waals surface area contributed by atoms with Crippen LogP contribution in [0.3, 0.4) is 0 Å². The Labute approximate surface area is 114 Å². The first kappa shape index (κ1) is 15.2. The molecule has 4 heteroatoms. The molecule has 0 heterocycles. The fraction of sp³-hybridized carbons (Fsp3) is 0.400. The van der Waals surface area contributed by atoms with Crippen molar-refractivity contribution in [1.82, 2.24) is 5.32 Å². The number of aliphatic carboxylic acids is 1. The highest BCUT2D eigenvalue weighted by Gasteiger charge is 2.12. The first-order valence-electron chi connectivity index (χ1n) is 6.43. The third-order valence-corrected chi connectivity index (χ3v) is 2.69. The maximum atomic E-state index is 10.8. The number of ether oxygens (including phenoxy) is 1. The lowest BCUT2D eigenvalue weighted by atomic mass is 10.0. The van der Waals surface area contributed by atoms with Gasteiger partial charge in [0, 0.05) is 12.6 Å². The van der Waals surface area contributed by atoms with Gasteiger partial charge < -0.3 is 15.2 Å². The van der Waals surface area contributed by atoms with Gasteiger partial charge in [-0.05, 0) is 31.0 Å². The molecule has 0 aliphatic carbocycles. The second-order valence-corrected chi connectivity index (χ2v) is 4.27. The van der Waals surface area contributed by atoms with E-state index >= 15 is 0 Å². The Morgan fingerprint density at radius 2 is 2.16 bits per heavy atom. The van der Waals surface area contributed by atoms with Gasteiger partial charge in [-0.1, -0.05) is 18.2 Å². The van der Waals surface area contributed by atoms with Gasteiger partial charge in [-0.3, -0.25) is 4.79 Å². The van der Waals surface area contributed by atoms with Crippen molar-refractivity contribution in [3.05, 3.63) is 42.5 Å². The highest BCUT2D eigenvalue weighted by atomic mass is 16.5. The molecule has 1 unspecified atom stereocenters. The average Bonchev–Trinajstić information content (AvgIpc) is 2.38. The van der Waals surface area contributed by atoms with Gasteiger partial charge >= 0.3 is 5.97 Å². The molecule has 2 N–H and O–H groups in total. The molecule has 1 rings (SSSR count). The van der Waals surface area contributed by atoms with Crippen molar-refractivity contribution >= 4 is 5.97 Å². The number of carbonyl (C=O) groups is 1. The summed E-state index contributed by atoms with van der Waals surface area (Å²) >= 11 is 0. The molecule has 0 radical (unpaired) electrons. The van der Waals surface area contributed by atoms with Gasteiger partial charge in [0.05, 0.1) is 13.0 Å². The van der Waals surface area contributed by atoms with E-state index in [1.165, 1.54) is 0 Å². The molecule has 0 aromatic heterocycles. The summed E-state index contributed by atoms with van der Waals surface area (Å²) in [6.07, 6.45) is 2.50. The molecule has 4 nitrogen and oxygen atoms in total. The average molecular weight is 263 g/mol. The Morgan fingerprint density at radius 3 is 2.68 bits per heavy atom. The molecule has 0 saturated carbocycles. The van der Waals surface area contributed by atoms with E-state index in [0.29, 0.717) is 19.6 Å². The quantitative estimate of drug-likeness (QED) is 0.671. The topological polar surface area (TPSA) is 58.6 Å². The molecule has 1 atom stereocenters. The fourth-order valence-corrected chi connectivity index (χ4v) is 1.85. The van der Waals surface area contributed by atoms with Crippen molar-refractivity contribution in [3.63, 3.8) is 0 Å². The third-order valence-electron chi connectivity index (χ3n) is 2.69. The van der Waals surface area contributed by atoms with E-state index in [9.17, 15) is 4.79 Å². The van der Waals surface area contributed by atoms with E-state index in [2.05, 4.69) is 11.9 Å². The van der Waals surface area contributed by atoms with Crippen molar-refractivity contribution in [1.29, 1.82) is 0 Å². The Balaban J connectivity index is 2.60. The van der Waals surface area contributed by atoms with Crippen LogP contribution in [0.15, 0.2) is 36.9 Å². The summed E-state index contributed by atoms with van der Waals surface area (Å²) in [6, 6.07) is 7.66. The first-order chi connectivity index (χ1) is 9.15. The minimum absolute atomic E-state index is 0.0894. The SMILES string of the molecule is C=CCNC(CC(=O)O)Cc1ccc(OCC)cc1. The zero-order valence-electron chi connectivity index (χ0n) is 11.3. The number of nitrogens with one attached hydrogen (secondary N) is 1. The predicted octanol–water partition coefficient (Wildman–Crippen LogP) is 2.25. The molecule has 0 spiro atoms. The number of benzene rings is 1. The number of carboxylic acid groups (broad SMARTS) is 1. The molecule has 1 aromatic carbocycles. The summed E-state index contributed by atoms with van der Waals surface area (Å²) in [7, 11) is 0. The Kier molecular flexibility index (Phi) is 6.68. The van der Waals surface area contributed by atoms with Crippen LogP contribution in [0.1, 0.15) is 18.9 Å². The second-order valence-electron chi connectivity index (χ2n) is 4.27. The van der Waals surface area contributed by atoms with Crippen molar-refractivity contribution in [2.75, 3.05) is 13.2 Å². The maximum absolute atomic E-state index is 10.8. The lowest BCUT2D eigenvalue weighted by molar-refractivity contribution is -0.137. The molecule has 0 amide bonds. The van der Waals surface area contributed by atoms with Gasteiger partial charge in [-0.25, -0.2) is 0 Å². The minimum atomic E-state index is -0.799. The molecular weight excluding hydrogens is 242 g/mol. The van der Waals surface area contributed by atoms with Crippen molar-refractivity contribution in [2.24, 2.45) is 0 Å². The predicted molar refractivity (Wildman–Crippen MR) is 75.6 cm³/mol. The lowest BCUT2D eigenvalue weighted by Crippen LogP contribution is -2.33. The van der Waals surface area contributed by atoms with Crippen LogP contribution >= 0.6 is 0 Å². The Hall–Kier alpha value is -1.81. The summed E-state index contributed by atoms with van der Waals surface area (Å²) in [5, 5.41) is 12.0. The summed E-state index contributed by atoms with van der Waals surface area (Å²) in [5.41, 5.74) is 1.09. The van der Waals surface area contributed by atoms with Crippen LogP contribution in [0, 0.1) is 0 Å². The summed E-state index contributed by atoms with van der Waals surface area (Å²) in [4.78, 5) is 10.8. The van der Waals surface area contributed by atoms with Gasteiger partial charge in [0.15, 0.2) is 0 Å². The van der Waals surface area contributed by atoms with Crippen molar-refractivity contribution in [2.45, 2.75) is 25.8 Å². The molecule has 0 bridgehead atoms. The summed E-state index contributed by atoms with van der Waals surface area (Å²) in [5.74, 6) is 0.0348. The maximum Gasteiger partial charge on any atom is 0.304 e. The van der Waals surface area contributed by atoms with Gasteiger partial charge in [0.2, 0.25) is 0 Å².